The molecule has 2 fully saturated rings. The second-order valence-corrected chi connectivity index (χ2v) is 4.15. The van der Waals surface area contributed by atoms with Gasteiger partial charge >= 0.3 is 5.97 Å². The molecule has 0 aromatic rings. The Morgan fingerprint density at radius 1 is 1.38 bits per heavy atom. The molecule has 2 aliphatic rings. The van der Waals surface area contributed by atoms with Gasteiger partial charge in [0.2, 0.25) is 0 Å². The van der Waals surface area contributed by atoms with Gasteiger partial charge in [-0.15, -0.1) is 0 Å². The van der Waals surface area contributed by atoms with Gasteiger partial charge in [-0.05, 0) is 12.8 Å². The van der Waals surface area contributed by atoms with Crippen LogP contribution in [-0.4, -0.2) is 48.8 Å². The summed E-state index contributed by atoms with van der Waals surface area (Å²) in [6.07, 6.45) is 2.20. The number of hydrogen-bond donors (Lipinski definition) is 1. The first kappa shape index (κ1) is 8.97. The van der Waals surface area contributed by atoms with Crippen LogP contribution in [0.5, 0.6) is 0 Å². The van der Waals surface area contributed by atoms with Crippen molar-refractivity contribution < 1.29 is 14.6 Å². The first-order chi connectivity index (χ1) is 6.20. The molecule has 2 saturated heterocycles. The molecule has 2 rings (SSSR count). The van der Waals surface area contributed by atoms with Crippen molar-refractivity contribution >= 4 is 5.97 Å². The molecule has 0 aromatic heterocycles. The van der Waals surface area contributed by atoms with Gasteiger partial charge in [-0.1, -0.05) is 0 Å². The average molecular weight is 185 g/mol. The molecule has 0 bridgehead atoms. The highest BCUT2D eigenvalue weighted by molar-refractivity contribution is 5.69. The summed E-state index contributed by atoms with van der Waals surface area (Å²) in [5.74, 6) is -0.720. The maximum atomic E-state index is 10.4. The van der Waals surface area contributed by atoms with Crippen molar-refractivity contribution in [2.75, 3.05) is 32.8 Å². The zero-order valence-corrected chi connectivity index (χ0v) is 7.66. The molecule has 1 spiro atoms. The number of rotatable bonds is 2. The van der Waals surface area contributed by atoms with Crippen molar-refractivity contribution in [3.05, 3.63) is 0 Å². The van der Waals surface area contributed by atoms with E-state index in [9.17, 15) is 4.79 Å². The Labute approximate surface area is 77.5 Å². The van der Waals surface area contributed by atoms with Crippen molar-refractivity contribution in [2.45, 2.75) is 12.8 Å². The highest BCUT2D eigenvalue weighted by Gasteiger charge is 2.43. The maximum Gasteiger partial charge on any atom is 0.317 e. The zero-order chi connectivity index (χ0) is 9.31. The Morgan fingerprint density at radius 3 is 2.54 bits per heavy atom. The number of aliphatic carboxylic acids is 1. The van der Waals surface area contributed by atoms with Gasteiger partial charge in [0.25, 0.3) is 0 Å². The normalized spacial score (nSPS) is 27.1. The van der Waals surface area contributed by atoms with Crippen LogP contribution in [0.25, 0.3) is 0 Å². The van der Waals surface area contributed by atoms with Gasteiger partial charge in [0.05, 0.1) is 6.54 Å². The summed E-state index contributed by atoms with van der Waals surface area (Å²) in [5, 5.41) is 8.57. The summed E-state index contributed by atoms with van der Waals surface area (Å²) >= 11 is 0. The lowest BCUT2D eigenvalue weighted by Gasteiger charge is -2.51. The largest absolute Gasteiger partial charge is 0.480 e. The minimum absolute atomic E-state index is 0.197. The van der Waals surface area contributed by atoms with Gasteiger partial charge in [-0.3, -0.25) is 9.69 Å². The van der Waals surface area contributed by atoms with Crippen molar-refractivity contribution in [1.29, 1.82) is 0 Å². The monoisotopic (exact) mass is 185 g/mol. The molecule has 1 N–H and O–H groups in total. The minimum Gasteiger partial charge on any atom is -0.480 e. The fourth-order valence-electron chi connectivity index (χ4n) is 2.33. The van der Waals surface area contributed by atoms with Crippen LogP contribution in [0.15, 0.2) is 0 Å². The third-order valence-corrected chi connectivity index (χ3v) is 3.03. The van der Waals surface area contributed by atoms with Crippen LogP contribution in [0.1, 0.15) is 12.8 Å². The standard InChI is InChI=1S/C9H15NO3/c11-8(12)5-10-6-9(7-10)1-3-13-4-2-9/h1-7H2,(H,11,12). The lowest BCUT2D eigenvalue weighted by molar-refractivity contribution is -0.144. The van der Waals surface area contributed by atoms with Crippen LogP contribution < -0.4 is 0 Å². The van der Waals surface area contributed by atoms with E-state index in [-0.39, 0.29) is 6.54 Å². The summed E-state index contributed by atoms with van der Waals surface area (Å²) < 4.78 is 5.28. The van der Waals surface area contributed by atoms with E-state index in [0.717, 1.165) is 39.1 Å². The first-order valence-electron chi connectivity index (χ1n) is 4.72. The summed E-state index contributed by atoms with van der Waals surface area (Å²) in [6.45, 7) is 3.79. The molecule has 0 amide bonds. The summed E-state index contributed by atoms with van der Waals surface area (Å²) in [7, 11) is 0. The van der Waals surface area contributed by atoms with Gasteiger partial charge in [-0.2, -0.15) is 0 Å². The van der Waals surface area contributed by atoms with Gasteiger partial charge in [0, 0.05) is 31.7 Å². The molecule has 13 heavy (non-hydrogen) atoms. The fourth-order valence-corrected chi connectivity index (χ4v) is 2.33. The number of carboxylic acid groups (broad SMARTS) is 1. The molecule has 0 aliphatic carbocycles. The Hall–Kier alpha value is -0.610. The third kappa shape index (κ3) is 1.84. The number of carbonyl (C=O) groups is 1. The lowest BCUT2D eigenvalue weighted by atomic mass is 9.73. The summed E-state index contributed by atoms with van der Waals surface area (Å²) in [4.78, 5) is 12.4. The molecule has 74 valence electrons. The van der Waals surface area contributed by atoms with E-state index in [1.807, 2.05) is 4.90 Å². The molecular weight excluding hydrogens is 170 g/mol. The van der Waals surface area contributed by atoms with Gasteiger partial charge < -0.3 is 9.84 Å². The minimum atomic E-state index is -0.720. The second-order valence-electron chi connectivity index (χ2n) is 4.15. The quantitative estimate of drug-likeness (QED) is 0.667. The predicted octanol–water partition coefficient (Wildman–Crippen LogP) is 0.183. The Bertz CT molecular complexity index is 203. The van der Waals surface area contributed by atoms with E-state index < -0.39 is 5.97 Å². The predicted molar refractivity (Wildman–Crippen MR) is 46.6 cm³/mol. The average Bonchev–Trinajstić information content (AvgIpc) is 2.02. The molecule has 0 radical (unpaired) electrons. The lowest BCUT2D eigenvalue weighted by Crippen LogP contribution is -2.59. The summed E-state index contributed by atoms with van der Waals surface area (Å²) in [6, 6.07) is 0. The summed E-state index contributed by atoms with van der Waals surface area (Å²) in [5.41, 5.74) is 0.397. The number of likely N-dealkylation sites (tertiary alicyclic amines) is 1. The number of carboxylic acids is 1. The topological polar surface area (TPSA) is 49.8 Å². The molecular formula is C9H15NO3. The van der Waals surface area contributed by atoms with Crippen molar-refractivity contribution in [3.63, 3.8) is 0 Å². The van der Waals surface area contributed by atoms with E-state index in [4.69, 9.17) is 9.84 Å². The molecule has 4 heteroatoms. The molecule has 0 unspecified atom stereocenters. The Kier molecular flexibility index (Phi) is 2.26. The van der Waals surface area contributed by atoms with E-state index in [1.165, 1.54) is 0 Å². The van der Waals surface area contributed by atoms with E-state index >= 15 is 0 Å². The van der Waals surface area contributed by atoms with E-state index in [2.05, 4.69) is 0 Å². The van der Waals surface area contributed by atoms with Crippen LogP contribution in [-0.2, 0) is 9.53 Å². The van der Waals surface area contributed by atoms with Crippen LogP contribution >= 0.6 is 0 Å². The molecule has 2 heterocycles. The smallest absolute Gasteiger partial charge is 0.317 e. The molecule has 4 nitrogen and oxygen atoms in total. The first-order valence-corrected chi connectivity index (χ1v) is 4.72. The van der Waals surface area contributed by atoms with E-state index in [0.29, 0.717) is 5.41 Å². The number of ether oxygens (including phenoxy) is 1. The van der Waals surface area contributed by atoms with Crippen LogP contribution in [0.2, 0.25) is 0 Å². The van der Waals surface area contributed by atoms with E-state index in [1.54, 1.807) is 0 Å². The Morgan fingerprint density at radius 2 is 2.00 bits per heavy atom. The zero-order valence-electron chi connectivity index (χ0n) is 7.66. The van der Waals surface area contributed by atoms with Crippen LogP contribution in [0.3, 0.4) is 0 Å². The fraction of sp³-hybridized carbons (Fsp3) is 0.889. The Balaban J connectivity index is 1.78. The second kappa shape index (κ2) is 3.27. The number of hydrogen-bond acceptors (Lipinski definition) is 3. The van der Waals surface area contributed by atoms with Gasteiger partial charge in [0.15, 0.2) is 0 Å². The van der Waals surface area contributed by atoms with Crippen molar-refractivity contribution in [2.24, 2.45) is 5.41 Å². The highest BCUT2D eigenvalue weighted by Crippen LogP contribution is 2.39. The van der Waals surface area contributed by atoms with Crippen LogP contribution in [0, 0.1) is 5.41 Å². The molecule has 0 aromatic carbocycles. The van der Waals surface area contributed by atoms with Gasteiger partial charge in [-0.25, -0.2) is 0 Å². The van der Waals surface area contributed by atoms with Gasteiger partial charge in [0.1, 0.15) is 0 Å². The third-order valence-electron chi connectivity index (χ3n) is 3.03. The molecule has 0 saturated carbocycles. The number of nitrogens with zero attached hydrogens (tertiary/aromatic N) is 1. The van der Waals surface area contributed by atoms with Crippen molar-refractivity contribution in [3.8, 4) is 0 Å². The molecule has 0 atom stereocenters. The highest BCUT2D eigenvalue weighted by atomic mass is 16.5. The molecule has 2 aliphatic heterocycles. The maximum absolute atomic E-state index is 10.4. The SMILES string of the molecule is O=C(O)CN1CC2(CCOCC2)C1. The van der Waals surface area contributed by atoms with Crippen LogP contribution in [0.4, 0.5) is 0 Å². The van der Waals surface area contributed by atoms with Crippen molar-refractivity contribution in [1.82, 2.24) is 4.90 Å².